The van der Waals surface area contributed by atoms with Crippen LogP contribution in [0.5, 0.6) is 5.75 Å². The van der Waals surface area contributed by atoms with Crippen LogP contribution in [0, 0.1) is 20.8 Å². The number of aliphatic carboxylic acids is 1. The Kier molecular flexibility index (Phi) is 4.94. The smallest absolute Gasteiger partial charge is 0.335 e. The second-order valence-corrected chi connectivity index (χ2v) is 6.23. The Balaban J connectivity index is 1.93. The lowest BCUT2D eigenvalue weighted by molar-refractivity contribution is -0.165. The van der Waals surface area contributed by atoms with Crippen molar-refractivity contribution in [3.8, 4) is 5.75 Å². The molecule has 1 aromatic rings. The lowest BCUT2D eigenvalue weighted by Gasteiger charge is -2.35. The number of piperidine rings is 1. The number of likely N-dealkylation sites (tertiary alicyclic amines) is 1. The van der Waals surface area contributed by atoms with Crippen molar-refractivity contribution < 1.29 is 24.5 Å². The van der Waals surface area contributed by atoms with Gasteiger partial charge in [-0.1, -0.05) is 17.7 Å². The van der Waals surface area contributed by atoms with Crippen LogP contribution < -0.4 is 4.74 Å². The molecule has 23 heavy (non-hydrogen) atoms. The van der Waals surface area contributed by atoms with Crippen molar-refractivity contribution in [3.05, 3.63) is 28.8 Å². The molecule has 1 aliphatic rings. The zero-order valence-electron chi connectivity index (χ0n) is 13.8. The van der Waals surface area contributed by atoms with Gasteiger partial charge in [-0.2, -0.15) is 0 Å². The number of aryl methyl sites for hydroxylation is 3. The fraction of sp³-hybridized carbons (Fsp3) is 0.529. The maximum absolute atomic E-state index is 12.2. The van der Waals surface area contributed by atoms with Gasteiger partial charge in [0.2, 0.25) is 0 Å². The summed E-state index contributed by atoms with van der Waals surface area (Å²) in [5.41, 5.74) is 1.38. The number of ether oxygens (including phenoxy) is 1. The highest BCUT2D eigenvalue weighted by Gasteiger charge is 2.40. The van der Waals surface area contributed by atoms with Gasteiger partial charge in [0.25, 0.3) is 5.91 Å². The number of benzene rings is 1. The van der Waals surface area contributed by atoms with E-state index in [-0.39, 0.29) is 38.4 Å². The Bertz CT molecular complexity index is 594. The highest BCUT2D eigenvalue weighted by Crippen LogP contribution is 2.25. The summed E-state index contributed by atoms with van der Waals surface area (Å²) in [5.74, 6) is -0.716. The molecule has 1 aliphatic heterocycles. The number of hydrogen-bond donors (Lipinski definition) is 2. The minimum atomic E-state index is -1.72. The van der Waals surface area contributed by atoms with Gasteiger partial charge >= 0.3 is 5.97 Å². The van der Waals surface area contributed by atoms with Crippen molar-refractivity contribution in [1.82, 2.24) is 4.90 Å². The Morgan fingerprint density at radius 3 is 2.17 bits per heavy atom. The summed E-state index contributed by atoms with van der Waals surface area (Å²) in [7, 11) is 0. The molecule has 1 heterocycles. The van der Waals surface area contributed by atoms with E-state index in [1.165, 1.54) is 4.90 Å². The van der Waals surface area contributed by atoms with Crippen LogP contribution in [0.1, 0.15) is 29.5 Å². The summed E-state index contributed by atoms with van der Waals surface area (Å²) >= 11 is 0. The quantitative estimate of drug-likeness (QED) is 0.876. The molecule has 0 atom stereocenters. The molecule has 1 fully saturated rings. The first-order valence-corrected chi connectivity index (χ1v) is 7.67. The van der Waals surface area contributed by atoms with Crippen LogP contribution in [-0.2, 0) is 9.59 Å². The third kappa shape index (κ3) is 3.82. The zero-order chi connectivity index (χ0) is 17.2. The summed E-state index contributed by atoms with van der Waals surface area (Å²) in [6, 6.07) is 4.00. The SMILES string of the molecule is Cc1cc(C)c(OCC(=O)N2CCC(O)(C(=O)O)CC2)c(C)c1. The van der Waals surface area contributed by atoms with Crippen LogP contribution >= 0.6 is 0 Å². The van der Waals surface area contributed by atoms with Gasteiger partial charge in [-0.05, 0) is 31.9 Å². The molecule has 0 unspecified atom stereocenters. The highest BCUT2D eigenvalue weighted by atomic mass is 16.5. The van der Waals surface area contributed by atoms with Crippen LogP contribution in [0.25, 0.3) is 0 Å². The van der Waals surface area contributed by atoms with Crippen molar-refractivity contribution >= 4 is 11.9 Å². The molecule has 126 valence electrons. The summed E-state index contributed by atoms with van der Waals surface area (Å²) < 4.78 is 5.67. The average Bonchev–Trinajstić information content (AvgIpc) is 2.46. The third-order valence-corrected chi connectivity index (χ3v) is 4.29. The van der Waals surface area contributed by atoms with E-state index in [2.05, 4.69) is 0 Å². The summed E-state index contributed by atoms with van der Waals surface area (Å²) in [5, 5.41) is 18.9. The van der Waals surface area contributed by atoms with Crippen LogP contribution in [0.2, 0.25) is 0 Å². The van der Waals surface area contributed by atoms with Gasteiger partial charge in [-0.25, -0.2) is 4.79 Å². The standard InChI is InChI=1S/C17H23NO5/c1-11-8-12(2)15(13(3)9-11)23-10-14(19)18-6-4-17(22,5-7-18)16(20)21/h8-9,22H,4-7,10H2,1-3H3,(H,20,21). The van der Waals surface area contributed by atoms with Gasteiger partial charge in [0.15, 0.2) is 12.2 Å². The largest absolute Gasteiger partial charge is 0.483 e. The maximum Gasteiger partial charge on any atom is 0.335 e. The van der Waals surface area contributed by atoms with Crippen molar-refractivity contribution in [2.45, 2.75) is 39.2 Å². The molecule has 2 rings (SSSR count). The van der Waals surface area contributed by atoms with E-state index in [0.29, 0.717) is 5.75 Å². The first-order chi connectivity index (χ1) is 10.7. The van der Waals surface area contributed by atoms with Crippen molar-refractivity contribution in [3.63, 3.8) is 0 Å². The Hall–Kier alpha value is -2.08. The topological polar surface area (TPSA) is 87.1 Å². The Labute approximate surface area is 135 Å². The molecule has 0 saturated carbocycles. The van der Waals surface area contributed by atoms with E-state index >= 15 is 0 Å². The number of hydrogen-bond acceptors (Lipinski definition) is 4. The van der Waals surface area contributed by atoms with Crippen LogP contribution in [0.3, 0.4) is 0 Å². The van der Waals surface area contributed by atoms with Crippen LogP contribution in [-0.4, -0.2) is 52.3 Å². The van der Waals surface area contributed by atoms with E-state index < -0.39 is 11.6 Å². The molecule has 0 aliphatic carbocycles. The number of carboxylic acids is 1. The fourth-order valence-electron chi connectivity index (χ4n) is 2.96. The van der Waals surface area contributed by atoms with E-state index in [1.807, 2.05) is 32.9 Å². The molecule has 0 radical (unpaired) electrons. The molecule has 0 aromatic heterocycles. The van der Waals surface area contributed by atoms with E-state index in [1.54, 1.807) is 0 Å². The van der Waals surface area contributed by atoms with E-state index in [4.69, 9.17) is 9.84 Å². The molecule has 1 saturated heterocycles. The normalized spacial score (nSPS) is 17.0. The predicted octanol–water partition coefficient (Wildman–Crippen LogP) is 1.43. The predicted molar refractivity (Wildman–Crippen MR) is 84.5 cm³/mol. The fourth-order valence-corrected chi connectivity index (χ4v) is 2.96. The molecule has 1 aromatic carbocycles. The Morgan fingerprint density at radius 1 is 1.17 bits per heavy atom. The average molecular weight is 321 g/mol. The van der Waals surface area contributed by atoms with Gasteiger partial charge in [-0.3, -0.25) is 4.79 Å². The molecule has 6 heteroatoms. The molecular formula is C17H23NO5. The number of nitrogens with zero attached hydrogens (tertiary/aromatic N) is 1. The maximum atomic E-state index is 12.2. The van der Waals surface area contributed by atoms with Crippen molar-refractivity contribution in [1.29, 1.82) is 0 Å². The van der Waals surface area contributed by atoms with Crippen molar-refractivity contribution in [2.24, 2.45) is 0 Å². The number of carbonyl (C=O) groups excluding carboxylic acids is 1. The molecule has 2 N–H and O–H groups in total. The first kappa shape index (κ1) is 17.3. The monoisotopic (exact) mass is 321 g/mol. The number of aliphatic hydroxyl groups is 1. The van der Waals surface area contributed by atoms with Gasteiger partial charge < -0.3 is 19.8 Å². The number of carboxylic acid groups (broad SMARTS) is 1. The van der Waals surface area contributed by atoms with Crippen LogP contribution in [0.4, 0.5) is 0 Å². The molecule has 6 nitrogen and oxygen atoms in total. The Morgan fingerprint density at radius 2 is 1.70 bits per heavy atom. The number of rotatable bonds is 4. The summed E-state index contributed by atoms with van der Waals surface area (Å²) in [6.07, 6.45) is 0.0767. The minimum absolute atomic E-state index is 0.0384. The molecular weight excluding hydrogens is 298 g/mol. The number of amides is 1. The molecule has 1 amide bonds. The van der Waals surface area contributed by atoms with Gasteiger partial charge in [0.05, 0.1) is 0 Å². The summed E-state index contributed by atoms with van der Waals surface area (Å²) in [4.78, 5) is 24.7. The van der Waals surface area contributed by atoms with Crippen molar-refractivity contribution in [2.75, 3.05) is 19.7 Å². The second kappa shape index (κ2) is 6.58. The van der Waals surface area contributed by atoms with E-state index in [9.17, 15) is 14.7 Å². The lowest BCUT2D eigenvalue weighted by Crippen LogP contribution is -2.51. The third-order valence-electron chi connectivity index (χ3n) is 4.29. The van der Waals surface area contributed by atoms with Gasteiger partial charge in [0.1, 0.15) is 5.75 Å². The lowest BCUT2D eigenvalue weighted by atomic mass is 9.91. The molecule has 0 spiro atoms. The van der Waals surface area contributed by atoms with Gasteiger partial charge in [-0.15, -0.1) is 0 Å². The van der Waals surface area contributed by atoms with E-state index in [0.717, 1.165) is 16.7 Å². The zero-order valence-corrected chi connectivity index (χ0v) is 13.8. The van der Waals surface area contributed by atoms with Gasteiger partial charge in [0, 0.05) is 25.9 Å². The highest BCUT2D eigenvalue weighted by molar-refractivity contribution is 5.80. The second-order valence-electron chi connectivity index (χ2n) is 6.23. The molecule has 0 bridgehead atoms. The first-order valence-electron chi connectivity index (χ1n) is 7.67. The van der Waals surface area contributed by atoms with Crippen LogP contribution in [0.15, 0.2) is 12.1 Å². The summed E-state index contributed by atoms with van der Waals surface area (Å²) in [6.45, 7) is 6.23. The number of carbonyl (C=O) groups is 2. The minimum Gasteiger partial charge on any atom is -0.483 e.